The van der Waals surface area contributed by atoms with Crippen LogP contribution in [0.4, 0.5) is 0 Å². The summed E-state index contributed by atoms with van der Waals surface area (Å²) < 4.78 is 0. The zero-order chi connectivity index (χ0) is 13.5. The molecule has 19 heavy (non-hydrogen) atoms. The van der Waals surface area contributed by atoms with Gasteiger partial charge in [0.05, 0.1) is 0 Å². The topological polar surface area (TPSA) is 32.3 Å². The summed E-state index contributed by atoms with van der Waals surface area (Å²) in [6.45, 7) is 2.91. The molecule has 0 amide bonds. The van der Waals surface area contributed by atoms with E-state index < -0.39 is 0 Å². The van der Waals surface area contributed by atoms with Crippen molar-refractivity contribution in [3.05, 3.63) is 57.8 Å². The molecule has 3 heteroatoms. The van der Waals surface area contributed by atoms with Gasteiger partial charge in [-0.15, -0.1) is 11.3 Å². The fourth-order valence-corrected chi connectivity index (χ4v) is 2.56. The molecule has 2 N–H and O–H groups in total. The van der Waals surface area contributed by atoms with E-state index >= 15 is 0 Å². The minimum Gasteiger partial charge on any atom is -0.384 e. The van der Waals surface area contributed by atoms with Gasteiger partial charge in [-0.05, 0) is 18.6 Å². The molecule has 0 spiro atoms. The van der Waals surface area contributed by atoms with Crippen LogP contribution in [0.3, 0.4) is 0 Å². The van der Waals surface area contributed by atoms with E-state index in [9.17, 15) is 0 Å². The maximum atomic E-state index is 8.65. The van der Waals surface area contributed by atoms with E-state index in [1.54, 1.807) is 11.3 Å². The molecule has 0 aliphatic rings. The predicted octanol–water partition coefficient (Wildman–Crippen LogP) is 2.94. The van der Waals surface area contributed by atoms with Crippen molar-refractivity contribution < 1.29 is 5.11 Å². The van der Waals surface area contributed by atoms with E-state index in [2.05, 4.69) is 54.4 Å². The zero-order valence-electron chi connectivity index (χ0n) is 10.9. The van der Waals surface area contributed by atoms with Crippen molar-refractivity contribution >= 4 is 11.3 Å². The van der Waals surface area contributed by atoms with Gasteiger partial charge >= 0.3 is 0 Å². The van der Waals surface area contributed by atoms with Crippen molar-refractivity contribution in [1.82, 2.24) is 5.32 Å². The molecule has 0 unspecified atom stereocenters. The van der Waals surface area contributed by atoms with Crippen molar-refractivity contribution in [3.8, 4) is 11.8 Å². The summed E-state index contributed by atoms with van der Waals surface area (Å²) in [5, 5.41) is 14.2. The van der Waals surface area contributed by atoms with Crippen LogP contribution >= 0.6 is 11.3 Å². The number of benzene rings is 1. The molecule has 1 aromatic heterocycles. The number of hydrogen-bond acceptors (Lipinski definition) is 3. The molecule has 2 rings (SSSR count). The minimum absolute atomic E-state index is 0.0888. The summed E-state index contributed by atoms with van der Waals surface area (Å²) >= 11 is 1.69. The van der Waals surface area contributed by atoms with Crippen LogP contribution in [0.2, 0.25) is 0 Å². The summed E-state index contributed by atoms with van der Waals surface area (Å²) in [5.74, 6) is 5.58. The van der Waals surface area contributed by atoms with Crippen LogP contribution in [0.5, 0.6) is 0 Å². The second-order valence-corrected chi connectivity index (χ2v) is 5.27. The summed E-state index contributed by atoms with van der Waals surface area (Å²) in [6.07, 6.45) is 0. The number of aliphatic hydroxyl groups excluding tert-OH is 1. The van der Waals surface area contributed by atoms with E-state index in [-0.39, 0.29) is 6.61 Å². The molecular formula is C16H17NOS. The van der Waals surface area contributed by atoms with Crippen LogP contribution in [0.15, 0.2) is 41.8 Å². The average Bonchev–Trinajstić information content (AvgIpc) is 2.91. The van der Waals surface area contributed by atoms with Gasteiger partial charge in [-0.2, -0.15) is 0 Å². The predicted molar refractivity (Wildman–Crippen MR) is 80.0 cm³/mol. The summed E-state index contributed by atoms with van der Waals surface area (Å²) in [6, 6.07) is 12.8. The van der Waals surface area contributed by atoms with E-state index in [0.29, 0.717) is 6.04 Å². The number of hydrogen-bond donors (Lipinski definition) is 2. The maximum Gasteiger partial charge on any atom is 0.104 e. The first-order chi connectivity index (χ1) is 9.29. The number of thiophene rings is 1. The Bertz CT molecular complexity index is 565. The summed E-state index contributed by atoms with van der Waals surface area (Å²) in [5.41, 5.74) is 2.27. The van der Waals surface area contributed by atoms with Gasteiger partial charge in [-0.1, -0.05) is 42.2 Å². The highest BCUT2D eigenvalue weighted by molar-refractivity contribution is 7.10. The molecule has 2 aromatic rings. The van der Waals surface area contributed by atoms with Crippen LogP contribution in [0, 0.1) is 11.8 Å². The Morgan fingerprint density at radius 2 is 2.11 bits per heavy atom. The molecular weight excluding hydrogens is 254 g/mol. The first-order valence-corrected chi connectivity index (χ1v) is 7.13. The first kappa shape index (κ1) is 13.8. The molecule has 0 saturated heterocycles. The highest BCUT2D eigenvalue weighted by Gasteiger charge is 2.04. The van der Waals surface area contributed by atoms with Crippen molar-refractivity contribution in [2.75, 3.05) is 6.61 Å². The molecule has 98 valence electrons. The van der Waals surface area contributed by atoms with Crippen LogP contribution in [-0.2, 0) is 6.54 Å². The molecule has 2 nitrogen and oxygen atoms in total. The van der Waals surface area contributed by atoms with E-state index in [4.69, 9.17) is 5.11 Å². The quantitative estimate of drug-likeness (QED) is 0.838. The van der Waals surface area contributed by atoms with E-state index in [1.807, 2.05) is 11.4 Å². The van der Waals surface area contributed by atoms with Gasteiger partial charge in [0.1, 0.15) is 6.61 Å². The van der Waals surface area contributed by atoms with E-state index in [0.717, 1.165) is 12.1 Å². The molecule has 0 fully saturated rings. The number of nitrogens with one attached hydrogen (secondary N) is 1. The summed E-state index contributed by atoms with van der Waals surface area (Å²) in [4.78, 5) is 1.25. The standard InChI is InChI=1S/C16H17NOS/c1-13(15-7-3-2-4-8-15)17-11-16-10-14(12-19-16)6-5-9-18/h2-4,7-8,10,12-13,17-18H,9,11H2,1H3/t13-/m1/s1. The Morgan fingerprint density at radius 1 is 1.32 bits per heavy atom. The van der Waals surface area contributed by atoms with Crippen LogP contribution in [0.25, 0.3) is 0 Å². The van der Waals surface area contributed by atoms with Gasteiger partial charge < -0.3 is 10.4 Å². The lowest BCUT2D eigenvalue weighted by Gasteiger charge is -2.13. The van der Waals surface area contributed by atoms with Crippen molar-refractivity contribution in [2.24, 2.45) is 0 Å². The SMILES string of the molecule is C[C@@H](NCc1cc(C#CCO)cs1)c1ccccc1. The Hall–Kier alpha value is -1.60. The highest BCUT2D eigenvalue weighted by atomic mass is 32.1. The molecule has 1 aromatic carbocycles. The lowest BCUT2D eigenvalue weighted by atomic mass is 10.1. The Balaban J connectivity index is 1.90. The lowest BCUT2D eigenvalue weighted by Crippen LogP contribution is -2.17. The van der Waals surface area contributed by atoms with Crippen molar-refractivity contribution in [2.45, 2.75) is 19.5 Å². The third-order valence-corrected chi connectivity index (χ3v) is 3.78. The first-order valence-electron chi connectivity index (χ1n) is 6.25. The Labute approximate surface area is 118 Å². The average molecular weight is 271 g/mol. The van der Waals surface area contributed by atoms with Gasteiger partial charge in [-0.3, -0.25) is 0 Å². The molecule has 0 aliphatic carbocycles. The van der Waals surface area contributed by atoms with E-state index in [1.165, 1.54) is 10.4 Å². The van der Waals surface area contributed by atoms with Gasteiger partial charge in [0.15, 0.2) is 0 Å². The fourth-order valence-electron chi connectivity index (χ4n) is 1.79. The minimum atomic E-state index is -0.0888. The second kappa shape index (κ2) is 7.10. The monoisotopic (exact) mass is 271 g/mol. The lowest BCUT2D eigenvalue weighted by molar-refractivity contribution is 0.350. The van der Waals surface area contributed by atoms with Gasteiger partial charge in [0, 0.05) is 28.4 Å². The number of aliphatic hydroxyl groups is 1. The third kappa shape index (κ3) is 4.22. The largest absolute Gasteiger partial charge is 0.384 e. The summed E-state index contributed by atoms with van der Waals surface area (Å²) in [7, 11) is 0. The second-order valence-electron chi connectivity index (χ2n) is 4.27. The smallest absolute Gasteiger partial charge is 0.104 e. The van der Waals surface area contributed by atoms with Crippen LogP contribution < -0.4 is 5.32 Å². The van der Waals surface area contributed by atoms with Crippen molar-refractivity contribution in [3.63, 3.8) is 0 Å². The normalized spacial score (nSPS) is 11.7. The molecule has 1 atom stereocenters. The van der Waals surface area contributed by atoms with Gasteiger partial charge in [-0.25, -0.2) is 0 Å². The molecule has 0 bridgehead atoms. The molecule has 0 radical (unpaired) electrons. The maximum absolute atomic E-state index is 8.65. The Morgan fingerprint density at radius 3 is 2.84 bits per heavy atom. The zero-order valence-corrected chi connectivity index (χ0v) is 11.7. The number of rotatable bonds is 4. The Kier molecular flexibility index (Phi) is 5.17. The fraction of sp³-hybridized carbons (Fsp3) is 0.250. The van der Waals surface area contributed by atoms with Crippen molar-refractivity contribution in [1.29, 1.82) is 0 Å². The van der Waals surface area contributed by atoms with Gasteiger partial charge in [0.2, 0.25) is 0 Å². The molecule has 0 aliphatic heterocycles. The molecule has 0 saturated carbocycles. The van der Waals surface area contributed by atoms with Crippen LogP contribution in [-0.4, -0.2) is 11.7 Å². The van der Waals surface area contributed by atoms with Gasteiger partial charge in [0.25, 0.3) is 0 Å². The van der Waals surface area contributed by atoms with Crippen LogP contribution in [0.1, 0.15) is 29.0 Å². The highest BCUT2D eigenvalue weighted by Crippen LogP contribution is 2.16. The third-order valence-electron chi connectivity index (χ3n) is 2.85. The molecule has 1 heterocycles.